The maximum atomic E-state index is 12.2. The molecule has 1 fully saturated rings. The van der Waals surface area contributed by atoms with Crippen LogP contribution in [0.5, 0.6) is 0 Å². The number of aliphatic imine (C=N–C) groups is 1. The molecule has 28 heavy (non-hydrogen) atoms. The van der Waals surface area contributed by atoms with Crippen molar-refractivity contribution in [2.45, 2.75) is 30.7 Å². The number of morpholine rings is 1. The molecule has 0 aromatic carbocycles. The molecular weight excluding hydrogens is 380 g/mol. The third-order valence-electron chi connectivity index (χ3n) is 4.67. The summed E-state index contributed by atoms with van der Waals surface area (Å²) in [6, 6.07) is 4.10. The van der Waals surface area contributed by atoms with Crippen LogP contribution in [-0.4, -0.2) is 48.2 Å². The Morgan fingerprint density at radius 1 is 1.36 bits per heavy atom. The van der Waals surface area contributed by atoms with Crippen LogP contribution in [0.4, 0.5) is 5.88 Å². The largest absolute Gasteiger partial charge is 0.861 e. The van der Waals surface area contributed by atoms with E-state index < -0.39 is 0 Å². The number of nitrogens with zero attached hydrogens (tertiary/aromatic N) is 6. The van der Waals surface area contributed by atoms with Crippen molar-refractivity contribution in [2.75, 3.05) is 37.1 Å². The zero-order valence-electron chi connectivity index (χ0n) is 15.3. The number of thioether (sulfide) groups is 1. The summed E-state index contributed by atoms with van der Waals surface area (Å²) in [6.07, 6.45) is 5.70. The van der Waals surface area contributed by atoms with Gasteiger partial charge in [0.1, 0.15) is 11.1 Å². The fourth-order valence-corrected chi connectivity index (χ4v) is 4.02. The molecule has 146 valence electrons. The highest BCUT2D eigenvalue weighted by Crippen LogP contribution is 2.27. The molecule has 4 rings (SSSR count). The average Bonchev–Trinajstić information content (AvgIpc) is 3.20. The minimum atomic E-state index is -0.362. The molecule has 9 nitrogen and oxygen atoms in total. The SMILES string of the molecule is N#Cc1cc2c(nc1SC/C([O-])=N/c1c[n+](N3CCOCC3)no1)CCCC2. The first-order chi connectivity index (χ1) is 13.7. The quantitative estimate of drug-likeness (QED) is 0.304. The van der Waals surface area contributed by atoms with Gasteiger partial charge in [-0.1, -0.05) is 11.8 Å². The van der Waals surface area contributed by atoms with Gasteiger partial charge in [-0.05, 0) is 43.2 Å². The number of rotatable bonds is 5. The van der Waals surface area contributed by atoms with Crippen molar-refractivity contribution in [3.8, 4) is 6.07 Å². The van der Waals surface area contributed by atoms with Crippen molar-refractivity contribution in [2.24, 2.45) is 4.99 Å². The van der Waals surface area contributed by atoms with Crippen molar-refractivity contribution >= 4 is 23.5 Å². The number of aryl methyl sites for hydroxylation is 2. The predicted molar refractivity (Wildman–Crippen MR) is 98.9 cm³/mol. The van der Waals surface area contributed by atoms with Gasteiger partial charge in [-0.3, -0.25) is 4.52 Å². The zero-order valence-corrected chi connectivity index (χ0v) is 16.2. The fraction of sp³-hybridized carbons (Fsp3) is 0.500. The molecule has 0 bridgehead atoms. The molecule has 1 aliphatic carbocycles. The maximum Gasteiger partial charge on any atom is 0.324 e. The van der Waals surface area contributed by atoms with Crippen LogP contribution in [0.1, 0.15) is 29.7 Å². The molecule has 0 saturated carbocycles. The Bertz CT molecular complexity index is 917. The summed E-state index contributed by atoms with van der Waals surface area (Å²) in [5.74, 6) is -0.131. The number of hydrogen-bond acceptors (Lipinski definition) is 9. The molecule has 0 spiro atoms. The van der Waals surface area contributed by atoms with E-state index in [9.17, 15) is 10.4 Å². The van der Waals surface area contributed by atoms with E-state index in [1.807, 2.05) is 11.1 Å². The van der Waals surface area contributed by atoms with Crippen LogP contribution in [0.3, 0.4) is 0 Å². The van der Waals surface area contributed by atoms with Crippen LogP contribution in [0.2, 0.25) is 0 Å². The third-order valence-corrected chi connectivity index (χ3v) is 5.65. The van der Waals surface area contributed by atoms with Crippen LogP contribution in [0.25, 0.3) is 0 Å². The summed E-state index contributed by atoms with van der Waals surface area (Å²) in [5.41, 5.74) is 2.71. The van der Waals surface area contributed by atoms with Gasteiger partial charge in [0.15, 0.2) is 0 Å². The molecule has 0 unspecified atom stereocenters. The molecular formula is C18H20N6O3S. The van der Waals surface area contributed by atoms with Crippen molar-refractivity contribution in [1.29, 1.82) is 5.26 Å². The van der Waals surface area contributed by atoms with Crippen LogP contribution < -0.4 is 14.9 Å². The van der Waals surface area contributed by atoms with Gasteiger partial charge < -0.3 is 9.84 Å². The standard InChI is InChI=1S/C18H20N6O3S/c19-10-14-9-13-3-1-2-4-15(13)20-18(14)28-12-16(25)21-17-11-24(22-27-17)23-5-7-26-8-6-23/h9,11H,1-8,12H2. The van der Waals surface area contributed by atoms with Crippen LogP contribution in [0, 0.1) is 11.3 Å². The molecule has 1 aliphatic heterocycles. The first-order valence-electron chi connectivity index (χ1n) is 9.25. The Hall–Kier alpha value is -2.64. The third kappa shape index (κ3) is 4.26. The lowest BCUT2D eigenvalue weighted by atomic mass is 9.95. The number of fused-ring (bicyclic) bond motifs is 1. The predicted octanol–water partition coefficient (Wildman–Crippen LogP) is 0.258. The molecule has 0 radical (unpaired) electrons. The lowest BCUT2D eigenvalue weighted by Crippen LogP contribution is -2.62. The van der Waals surface area contributed by atoms with Crippen molar-refractivity contribution in [3.63, 3.8) is 0 Å². The molecule has 3 heterocycles. The Labute approximate surface area is 166 Å². The molecule has 2 aromatic rings. The first-order valence-corrected chi connectivity index (χ1v) is 10.2. The van der Waals surface area contributed by atoms with Gasteiger partial charge in [0.25, 0.3) is 6.20 Å². The van der Waals surface area contributed by atoms with Crippen molar-refractivity contribution < 1.29 is 19.2 Å². The van der Waals surface area contributed by atoms with E-state index in [0.717, 1.165) is 36.9 Å². The lowest BCUT2D eigenvalue weighted by Gasteiger charge is -2.18. The Balaban J connectivity index is 1.42. The van der Waals surface area contributed by atoms with Gasteiger partial charge in [-0.15, -0.1) is 5.01 Å². The topological polar surface area (TPSA) is 114 Å². The normalized spacial score (nSPS) is 17.2. The summed E-state index contributed by atoms with van der Waals surface area (Å²) in [4.78, 5) is 10.1. The monoisotopic (exact) mass is 400 g/mol. The minimum Gasteiger partial charge on any atom is -0.861 e. The van der Waals surface area contributed by atoms with Gasteiger partial charge in [-0.25, -0.2) is 9.98 Å². The summed E-state index contributed by atoms with van der Waals surface area (Å²) in [7, 11) is 0. The lowest BCUT2D eigenvalue weighted by molar-refractivity contribution is -0.759. The van der Waals surface area contributed by atoms with E-state index in [4.69, 9.17) is 9.26 Å². The Morgan fingerprint density at radius 2 is 2.18 bits per heavy atom. The van der Waals surface area contributed by atoms with Gasteiger partial charge in [0.2, 0.25) is 5.27 Å². The second-order valence-electron chi connectivity index (χ2n) is 6.59. The van der Waals surface area contributed by atoms with E-state index in [2.05, 4.69) is 21.3 Å². The summed E-state index contributed by atoms with van der Waals surface area (Å²) in [6.45, 7) is 2.64. The minimum absolute atomic E-state index is 0.0821. The van der Waals surface area contributed by atoms with Crippen molar-refractivity contribution in [3.05, 3.63) is 29.1 Å². The van der Waals surface area contributed by atoms with Crippen LogP contribution in [-0.2, 0) is 17.6 Å². The highest BCUT2D eigenvalue weighted by Gasteiger charge is 2.22. The van der Waals surface area contributed by atoms with E-state index in [1.165, 1.54) is 11.8 Å². The van der Waals surface area contributed by atoms with E-state index in [-0.39, 0.29) is 17.5 Å². The van der Waals surface area contributed by atoms with Crippen molar-refractivity contribution in [1.82, 2.24) is 10.3 Å². The van der Waals surface area contributed by atoms with E-state index >= 15 is 0 Å². The molecule has 2 aliphatic rings. The van der Waals surface area contributed by atoms with Gasteiger partial charge in [0.05, 0.1) is 36.7 Å². The number of nitriles is 1. The second kappa shape index (κ2) is 8.58. The molecule has 2 aromatic heterocycles. The van der Waals surface area contributed by atoms with Gasteiger partial charge in [0, 0.05) is 11.4 Å². The smallest absolute Gasteiger partial charge is 0.324 e. The maximum absolute atomic E-state index is 12.2. The van der Waals surface area contributed by atoms with Crippen LogP contribution >= 0.6 is 11.8 Å². The number of hydrogen-bond donors (Lipinski definition) is 0. The summed E-state index contributed by atoms with van der Waals surface area (Å²) in [5, 5.41) is 28.1. The summed E-state index contributed by atoms with van der Waals surface area (Å²) >= 11 is 1.23. The highest BCUT2D eigenvalue weighted by atomic mass is 32.2. The Kier molecular flexibility index (Phi) is 5.73. The summed E-state index contributed by atoms with van der Waals surface area (Å²) < 4.78 is 10.4. The first kappa shape index (κ1) is 18.7. The Morgan fingerprint density at radius 3 is 3.00 bits per heavy atom. The van der Waals surface area contributed by atoms with E-state index in [0.29, 0.717) is 36.9 Å². The second-order valence-corrected chi connectivity index (χ2v) is 7.55. The highest BCUT2D eigenvalue weighted by molar-refractivity contribution is 7.99. The fourth-order valence-electron chi connectivity index (χ4n) is 3.26. The molecule has 10 heteroatoms. The zero-order chi connectivity index (χ0) is 19.3. The molecule has 1 saturated heterocycles. The van der Waals surface area contributed by atoms with Crippen LogP contribution in [0.15, 0.2) is 26.8 Å². The average molecular weight is 400 g/mol. The van der Waals surface area contributed by atoms with Gasteiger partial charge in [-0.2, -0.15) is 5.26 Å². The number of aromatic nitrogens is 3. The number of ether oxygens (including phenoxy) is 1. The molecule has 0 atom stereocenters. The molecule has 0 N–H and O–H groups in total. The van der Waals surface area contributed by atoms with Gasteiger partial charge >= 0.3 is 5.88 Å². The number of pyridine rings is 1. The molecule has 0 amide bonds. The van der Waals surface area contributed by atoms with E-state index in [1.54, 1.807) is 11.0 Å².